The number of piperazine rings is 1. The molecule has 168 valence electrons. The van der Waals surface area contributed by atoms with Crippen molar-refractivity contribution in [2.45, 2.75) is 13.5 Å². The Labute approximate surface area is 196 Å². The number of halogens is 1. The highest BCUT2D eigenvalue weighted by Crippen LogP contribution is 2.26. The maximum Gasteiger partial charge on any atom is 0.246 e. The van der Waals surface area contributed by atoms with Crippen molar-refractivity contribution in [2.75, 3.05) is 41.3 Å². The van der Waals surface area contributed by atoms with Crippen LogP contribution < -0.4 is 15.1 Å². The number of hydrogen-bond acceptors (Lipinski definition) is 6. The average Bonchev–Trinajstić information content (AvgIpc) is 3.25. The molecule has 1 fully saturated rings. The predicted molar refractivity (Wildman–Crippen MR) is 131 cm³/mol. The third-order valence-corrected chi connectivity index (χ3v) is 6.36. The van der Waals surface area contributed by atoms with Crippen LogP contribution in [-0.4, -0.2) is 51.8 Å². The number of aromatic nitrogens is 4. The van der Waals surface area contributed by atoms with Crippen LogP contribution in [0.15, 0.2) is 61.1 Å². The first kappa shape index (κ1) is 21.2. The Balaban J connectivity index is 1.30. The SMILES string of the molecule is Cc1c(Cl)cccc1NC(=O)Cn1ncc2c(N3CCN(c4ccccc4)CC3)ncnc21. The minimum absolute atomic E-state index is 0.0493. The predicted octanol–water partition coefficient (Wildman–Crippen LogP) is 3.75. The van der Waals surface area contributed by atoms with E-state index < -0.39 is 0 Å². The summed E-state index contributed by atoms with van der Waals surface area (Å²) in [5, 5.41) is 8.79. The Morgan fingerprint density at radius 3 is 2.55 bits per heavy atom. The number of para-hydroxylation sites is 1. The van der Waals surface area contributed by atoms with E-state index in [9.17, 15) is 4.79 Å². The molecule has 8 nitrogen and oxygen atoms in total. The van der Waals surface area contributed by atoms with Crippen LogP contribution in [0.4, 0.5) is 17.2 Å². The molecule has 1 saturated heterocycles. The lowest BCUT2D eigenvalue weighted by Crippen LogP contribution is -2.46. The topological polar surface area (TPSA) is 79.2 Å². The molecule has 0 unspecified atom stereocenters. The molecule has 1 amide bonds. The zero-order valence-electron chi connectivity index (χ0n) is 18.3. The first-order valence-electron chi connectivity index (χ1n) is 10.9. The van der Waals surface area contributed by atoms with Crippen molar-refractivity contribution in [3.05, 3.63) is 71.6 Å². The second-order valence-corrected chi connectivity index (χ2v) is 8.41. The number of benzene rings is 2. The van der Waals surface area contributed by atoms with E-state index in [0.717, 1.165) is 42.9 Å². The van der Waals surface area contributed by atoms with Crippen molar-refractivity contribution < 1.29 is 4.79 Å². The van der Waals surface area contributed by atoms with Gasteiger partial charge in [-0.15, -0.1) is 0 Å². The number of fused-ring (bicyclic) bond motifs is 1. The molecule has 2 aromatic heterocycles. The molecular weight excluding hydrogens is 438 g/mol. The molecule has 0 radical (unpaired) electrons. The lowest BCUT2D eigenvalue weighted by Gasteiger charge is -2.36. The molecule has 0 saturated carbocycles. The van der Waals surface area contributed by atoms with E-state index in [4.69, 9.17) is 11.6 Å². The second-order valence-electron chi connectivity index (χ2n) is 8.01. The normalized spacial score (nSPS) is 14.0. The number of carbonyl (C=O) groups excluding carboxylic acids is 1. The van der Waals surface area contributed by atoms with E-state index in [1.165, 1.54) is 5.69 Å². The lowest BCUT2D eigenvalue weighted by atomic mass is 10.2. The molecule has 1 aliphatic heterocycles. The van der Waals surface area contributed by atoms with E-state index >= 15 is 0 Å². The van der Waals surface area contributed by atoms with Gasteiger partial charge in [0.2, 0.25) is 5.91 Å². The highest BCUT2D eigenvalue weighted by Gasteiger charge is 2.22. The third-order valence-electron chi connectivity index (χ3n) is 5.95. The molecule has 9 heteroatoms. The van der Waals surface area contributed by atoms with Gasteiger partial charge in [-0.1, -0.05) is 35.9 Å². The molecule has 0 spiro atoms. The molecule has 2 aromatic carbocycles. The fourth-order valence-electron chi connectivity index (χ4n) is 4.13. The van der Waals surface area contributed by atoms with Gasteiger partial charge in [0, 0.05) is 42.6 Å². The molecule has 0 aliphatic carbocycles. The first-order valence-corrected chi connectivity index (χ1v) is 11.2. The minimum Gasteiger partial charge on any atom is -0.368 e. The van der Waals surface area contributed by atoms with Crippen LogP contribution in [0.3, 0.4) is 0 Å². The summed E-state index contributed by atoms with van der Waals surface area (Å²) in [5.74, 6) is 0.659. The van der Waals surface area contributed by atoms with Crippen molar-refractivity contribution in [2.24, 2.45) is 0 Å². The summed E-state index contributed by atoms with van der Waals surface area (Å²) in [6.07, 6.45) is 3.28. The van der Waals surface area contributed by atoms with E-state index in [1.54, 1.807) is 23.3 Å². The van der Waals surface area contributed by atoms with E-state index in [2.05, 4.69) is 54.4 Å². The third kappa shape index (κ3) is 4.34. The second kappa shape index (κ2) is 9.07. The van der Waals surface area contributed by atoms with Gasteiger partial charge >= 0.3 is 0 Å². The number of amides is 1. The Kier molecular flexibility index (Phi) is 5.83. The smallest absolute Gasteiger partial charge is 0.246 e. The van der Waals surface area contributed by atoms with Gasteiger partial charge in [0.25, 0.3) is 0 Å². The van der Waals surface area contributed by atoms with Crippen molar-refractivity contribution >= 4 is 45.7 Å². The highest BCUT2D eigenvalue weighted by atomic mass is 35.5. The standard InChI is InChI=1S/C24H24ClN7O/c1-17-20(25)8-5-9-21(17)29-22(33)15-32-24-19(14-28-32)23(26-16-27-24)31-12-10-30(11-13-31)18-6-3-2-4-7-18/h2-9,14,16H,10-13,15H2,1H3,(H,29,33). The quantitative estimate of drug-likeness (QED) is 0.487. The number of nitrogens with zero attached hydrogens (tertiary/aromatic N) is 6. The van der Waals surface area contributed by atoms with Crippen molar-refractivity contribution in [1.82, 2.24) is 19.7 Å². The summed E-state index contributed by atoms with van der Waals surface area (Å²) in [6, 6.07) is 15.9. The van der Waals surface area contributed by atoms with Gasteiger partial charge in [0.1, 0.15) is 18.7 Å². The summed E-state index contributed by atoms with van der Waals surface area (Å²) >= 11 is 6.16. The van der Waals surface area contributed by atoms with Crippen LogP contribution in [0, 0.1) is 6.92 Å². The van der Waals surface area contributed by atoms with E-state index in [0.29, 0.717) is 16.4 Å². The number of hydrogen-bond donors (Lipinski definition) is 1. The monoisotopic (exact) mass is 461 g/mol. The van der Waals surface area contributed by atoms with Crippen LogP contribution in [0.25, 0.3) is 11.0 Å². The maximum absolute atomic E-state index is 12.7. The fraction of sp³-hybridized carbons (Fsp3) is 0.250. The zero-order valence-corrected chi connectivity index (χ0v) is 19.0. The molecule has 0 bridgehead atoms. The van der Waals surface area contributed by atoms with Gasteiger partial charge in [0.15, 0.2) is 5.65 Å². The van der Waals surface area contributed by atoms with Gasteiger partial charge in [-0.3, -0.25) is 4.79 Å². The zero-order chi connectivity index (χ0) is 22.8. The van der Waals surface area contributed by atoms with E-state index in [1.807, 2.05) is 25.1 Å². The van der Waals surface area contributed by atoms with Crippen molar-refractivity contribution in [3.63, 3.8) is 0 Å². The van der Waals surface area contributed by atoms with Gasteiger partial charge in [-0.25, -0.2) is 14.6 Å². The Hall–Kier alpha value is -3.65. The molecule has 1 N–H and O–H groups in total. The summed E-state index contributed by atoms with van der Waals surface area (Å²) in [6.45, 7) is 5.43. The molecule has 1 aliphatic rings. The number of carbonyl (C=O) groups is 1. The summed E-state index contributed by atoms with van der Waals surface area (Å²) < 4.78 is 1.61. The number of rotatable bonds is 5. The van der Waals surface area contributed by atoms with Gasteiger partial charge in [-0.05, 0) is 36.8 Å². The molecule has 33 heavy (non-hydrogen) atoms. The van der Waals surface area contributed by atoms with Gasteiger partial charge in [0.05, 0.1) is 11.6 Å². The Bertz CT molecular complexity index is 1280. The summed E-state index contributed by atoms with van der Waals surface area (Å²) in [5.41, 5.74) is 3.40. The Morgan fingerprint density at radius 2 is 1.76 bits per heavy atom. The first-order chi connectivity index (χ1) is 16.1. The molecule has 0 atom stereocenters. The number of anilines is 3. The average molecular weight is 462 g/mol. The van der Waals surface area contributed by atoms with Crippen molar-refractivity contribution in [1.29, 1.82) is 0 Å². The van der Waals surface area contributed by atoms with Crippen LogP contribution in [0.2, 0.25) is 5.02 Å². The summed E-state index contributed by atoms with van der Waals surface area (Å²) in [7, 11) is 0. The highest BCUT2D eigenvalue weighted by molar-refractivity contribution is 6.31. The molecule has 5 rings (SSSR count). The minimum atomic E-state index is -0.193. The fourth-order valence-corrected chi connectivity index (χ4v) is 4.31. The van der Waals surface area contributed by atoms with Crippen LogP contribution in [-0.2, 0) is 11.3 Å². The maximum atomic E-state index is 12.7. The van der Waals surface area contributed by atoms with Crippen LogP contribution in [0.5, 0.6) is 0 Å². The number of nitrogens with one attached hydrogen (secondary N) is 1. The molecule has 4 aromatic rings. The van der Waals surface area contributed by atoms with E-state index in [-0.39, 0.29) is 12.5 Å². The van der Waals surface area contributed by atoms with Crippen LogP contribution >= 0.6 is 11.6 Å². The molecule has 3 heterocycles. The lowest BCUT2D eigenvalue weighted by molar-refractivity contribution is -0.116. The van der Waals surface area contributed by atoms with Gasteiger partial charge < -0.3 is 15.1 Å². The molecular formula is C24H24ClN7O. The van der Waals surface area contributed by atoms with Crippen molar-refractivity contribution in [3.8, 4) is 0 Å². The van der Waals surface area contributed by atoms with Crippen LogP contribution in [0.1, 0.15) is 5.56 Å². The van der Waals surface area contributed by atoms with Gasteiger partial charge in [-0.2, -0.15) is 5.10 Å². The summed E-state index contributed by atoms with van der Waals surface area (Å²) in [4.78, 5) is 26.2. The largest absolute Gasteiger partial charge is 0.368 e. The Morgan fingerprint density at radius 1 is 1.00 bits per heavy atom.